The maximum Gasteiger partial charge on any atom is 0.173 e. The van der Waals surface area contributed by atoms with Gasteiger partial charge in [0.25, 0.3) is 0 Å². The van der Waals surface area contributed by atoms with Crippen molar-refractivity contribution in [2.75, 3.05) is 4.90 Å². The van der Waals surface area contributed by atoms with Gasteiger partial charge in [-0.3, -0.25) is 0 Å². The van der Waals surface area contributed by atoms with E-state index in [9.17, 15) is 0 Å². The molecule has 0 fully saturated rings. The van der Waals surface area contributed by atoms with Crippen LogP contribution >= 0.6 is 11.5 Å². The number of hydrogen-bond acceptors (Lipinski definition) is 5. The zero-order valence-corrected chi connectivity index (χ0v) is 24.9. The lowest BCUT2D eigenvalue weighted by atomic mass is 9.99. The predicted molar refractivity (Wildman–Crippen MR) is 188 cm³/mol. The predicted octanol–water partition coefficient (Wildman–Crippen LogP) is 11.5. The van der Waals surface area contributed by atoms with Crippen LogP contribution in [0, 0.1) is 0 Å². The molecule has 0 saturated heterocycles. The molecule has 0 radical (unpaired) electrons. The van der Waals surface area contributed by atoms with Crippen LogP contribution in [0.5, 0.6) is 0 Å². The molecule has 0 atom stereocenters. The number of nitrogens with zero attached hydrogens (tertiary/aromatic N) is 3. The smallest absolute Gasteiger partial charge is 0.173 e. The third-order valence-corrected chi connectivity index (χ3v) is 9.19. The van der Waals surface area contributed by atoms with Crippen LogP contribution < -0.4 is 4.90 Å². The molecule has 0 bridgehead atoms. The number of aromatic nitrogens is 2. The molecule has 0 unspecified atom stereocenters. The van der Waals surface area contributed by atoms with Gasteiger partial charge in [0.05, 0.1) is 5.69 Å². The second-order valence-electron chi connectivity index (χ2n) is 11.1. The Hall–Kier alpha value is -5.78. The van der Waals surface area contributed by atoms with E-state index in [0.717, 1.165) is 55.1 Å². The molecule has 9 rings (SSSR count). The van der Waals surface area contributed by atoms with Gasteiger partial charge in [-0.25, -0.2) is 4.98 Å². The average molecular weight is 596 g/mol. The number of furan rings is 1. The highest BCUT2D eigenvalue weighted by molar-refractivity contribution is 7.09. The Bertz CT molecular complexity index is 2510. The van der Waals surface area contributed by atoms with Gasteiger partial charge in [-0.05, 0) is 69.5 Å². The molecule has 7 aromatic carbocycles. The first-order valence-corrected chi connectivity index (χ1v) is 15.7. The van der Waals surface area contributed by atoms with Crippen molar-refractivity contribution in [3.63, 3.8) is 0 Å². The summed E-state index contributed by atoms with van der Waals surface area (Å²) in [4.78, 5) is 7.32. The van der Waals surface area contributed by atoms with Crippen molar-refractivity contribution in [1.29, 1.82) is 0 Å². The molecule has 45 heavy (non-hydrogen) atoms. The zero-order chi connectivity index (χ0) is 29.7. The number of rotatable bonds is 5. The summed E-state index contributed by atoms with van der Waals surface area (Å²) in [5.74, 6) is 0.713. The largest absolute Gasteiger partial charge is 0.454 e. The van der Waals surface area contributed by atoms with Crippen molar-refractivity contribution in [3.8, 4) is 22.0 Å². The first-order chi connectivity index (χ1) is 22.3. The van der Waals surface area contributed by atoms with Crippen molar-refractivity contribution in [1.82, 2.24) is 9.36 Å². The van der Waals surface area contributed by atoms with E-state index in [1.54, 1.807) is 0 Å². The van der Waals surface area contributed by atoms with Crippen LogP contribution in [0.4, 0.5) is 17.1 Å². The minimum absolute atomic E-state index is 0.713. The summed E-state index contributed by atoms with van der Waals surface area (Å²) in [6, 6.07) is 52.7. The van der Waals surface area contributed by atoms with Gasteiger partial charge < -0.3 is 9.32 Å². The van der Waals surface area contributed by atoms with Crippen molar-refractivity contribution in [2.24, 2.45) is 0 Å². The van der Waals surface area contributed by atoms with Crippen LogP contribution in [-0.2, 0) is 0 Å². The zero-order valence-electron chi connectivity index (χ0n) is 24.1. The van der Waals surface area contributed by atoms with Crippen LogP contribution in [-0.4, -0.2) is 9.36 Å². The summed E-state index contributed by atoms with van der Waals surface area (Å²) in [7, 11) is 0. The van der Waals surface area contributed by atoms with E-state index >= 15 is 0 Å². The van der Waals surface area contributed by atoms with Gasteiger partial charge in [0.15, 0.2) is 11.4 Å². The number of para-hydroxylation sites is 3. The number of benzene rings is 7. The molecular formula is C40H25N3OS. The molecule has 0 aliphatic heterocycles. The molecule has 0 saturated carbocycles. The highest BCUT2D eigenvalue weighted by Crippen LogP contribution is 2.43. The second kappa shape index (κ2) is 10.4. The van der Waals surface area contributed by atoms with Crippen LogP contribution in [0.15, 0.2) is 156 Å². The Labute approximate surface area is 263 Å². The third kappa shape index (κ3) is 4.28. The molecule has 0 aliphatic rings. The van der Waals surface area contributed by atoms with E-state index < -0.39 is 0 Å². The molecule has 0 aliphatic carbocycles. The van der Waals surface area contributed by atoms with Gasteiger partial charge in [-0.2, -0.15) is 4.37 Å². The molecule has 0 spiro atoms. The van der Waals surface area contributed by atoms with Gasteiger partial charge in [-0.15, -0.1) is 0 Å². The fraction of sp³-hybridized carbons (Fsp3) is 0. The number of fused-ring (bicyclic) bond motifs is 6. The van der Waals surface area contributed by atoms with E-state index in [-0.39, 0.29) is 0 Å². The Kier molecular flexibility index (Phi) is 5.96. The Morgan fingerprint density at radius 3 is 2.20 bits per heavy atom. The summed E-state index contributed by atoms with van der Waals surface area (Å²) < 4.78 is 11.3. The number of hydrogen-bond donors (Lipinski definition) is 0. The molecular weight excluding hydrogens is 571 g/mol. The van der Waals surface area contributed by atoms with Crippen LogP contribution in [0.1, 0.15) is 0 Å². The SMILES string of the molecule is c1ccc(N(c2cccc(-c3nsc(-c4cccc5c4ccc4ccccc45)n3)c2)c2cccc3c2oc2ccccc23)cc1. The molecule has 9 aromatic rings. The Balaban J connectivity index is 1.16. The van der Waals surface area contributed by atoms with Crippen molar-refractivity contribution in [3.05, 3.63) is 152 Å². The summed E-state index contributed by atoms with van der Waals surface area (Å²) in [5, 5.41) is 7.99. The highest BCUT2D eigenvalue weighted by Gasteiger charge is 2.20. The second-order valence-corrected chi connectivity index (χ2v) is 11.8. The van der Waals surface area contributed by atoms with E-state index in [4.69, 9.17) is 13.8 Å². The van der Waals surface area contributed by atoms with Gasteiger partial charge in [-0.1, -0.05) is 115 Å². The fourth-order valence-electron chi connectivity index (χ4n) is 6.37. The third-order valence-electron chi connectivity index (χ3n) is 8.44. The minimum Gasteiger partial charge on any atom is -0.454 e. The quantitative estimate of drug-likeness (QED) is 0.186. The molecule has 4 nitrogen and oxygen atoms in total. The molecule has 5 heteroatoms. The van der Waals surface area contributed by atoms with Gasteiger partial charge in [0.2, 0.25) is 0 Å². The van der Waals surface area contributed by atoms with Crippen molar-refractivity contribution >= 4 is 72.1 Å². The lowest BCUT2D eigenvalue weighted by Gasteiger charge is -2.25. The minimum atomic E-state index is 0.713. The van der Waals surface area contributed by atoms with Crippen molar-refractivity contribution < 1.29 is 4.42 Å². The van der Waals surface area contributed by atoms with E-state index in [0.29, 0.717) is 5.82 Å². The summed E-state index contributed by atoms with van der Waals surface area (Å²) >= 11 is 1.44. The Morgan fingerprint density at radius 1 is 0.533 bits per heavy atom. The topological polar surface area (TPSA) is 42.2 Å². The van der Waals surface area contributed by atoms with E-state index in [1.807, 2.05) is 18.2 Å². The van der Waals surface area contributed by atoms with Crippen molar-refractivity contribution in [2.45, 2.75) is 0 Å². The van der Waals surface area contributed by atoms with Gasteiger partial charge in [0, 0.05) is 33.3 Å². The molecule has 0 N–H and O–H groups in total. The molecule has 2 aromatic heterocycles. The van der Waals surface area contributed by atoms with E-state index in [2.05, 4.69) is 138 Å². The van der Waals surface area contributed by atoms with Gasteiger partial charge >= 0.3 is 0 Å². The maximum atomic E-state index is 6.47. The number of anilines is 3. The van der Waals surface area contributed by atoms with Crippen LogP contribution in [0.3, 0.4) is 0 Å². The summed E-state index contributed by atoms with van der Waals surface area (Å²) in [6.07, 6.45) is 0. The summed E-state index contributed by atoms with van der Waals surface area (Å²) in [6.45, 7) is 0. The normalized spacial score (nSPS) is 11.6. The van der Waals surface area contributed by atoms with Crippen LogP contribution in [0.25, 0.3) is 65.4 Å². The average Bonchev–Trinajstić information content (AvgIpc) is 3.75. The lowest BCUT2D eigenvalue weighted by Crippen LogP contribution is -2.10. The van der Waals surface area contributed by atoms with Gasteiger partial charge in [0.1, 0.15) is 10.6 Å². The molecule has 212 valence electrons. The van der Waals surface area contributed by atoms with Crippen LogP contribution in [0.2, 0.25) is 0 Å². The maximum absolute atomic E-state index is 6.47. The first kappa shape index (κ1) is 25.7. The lowest BCUT2D eigenvalue weighted by molar-refractivity contribution is 0.669. The summed E-state index contributed by atoms with van der Waals surface area (Å²) in [5.41, 5.74) is 6.80. The molecule has 0 amide bonds. The monoisotopic (exact) mass is 595 g/mol. The van der Waals surface area contributed by atoms with E-state index in [1.165, 1.54) is 33.1 Å². The standard InChI is InChI=1S/C40H25N3OS/c1-2-13-28(14-3-1)43(36-21-10-19-34-33-17-6-7-22-37(33)44-38(34)36)29-15-8-12-27(25-29)39-41-40(45-42-39)35-20-9-18-31-30-16-5-4-11-26(30)23-24-32(31)35/h1-25H. The first-order valence-electron chi connectivity index (χ1n) is 14.9. The fourth-order valence-corrected chi connectivity index (χ4v) is 7.10. The highest BCUT2D eigenvalue weighted by atomic mass is 32.1. The Morgan fingerprint density at radius 2 is 1.27 bits per heavy atom. The molecule has 2 heterocycles.